The molecular weight excluding hydrogens is 289 g/mol. The van der Waals surface area contributed by atoms with Crippen LogP contribution >= 0.6 is 0 Å². The molecule has 0 aliphatic heterocycles. The Morgan fingerprint density at radius 1 is 1.14 bits per heavy atom. The van der Waals surface area contributed by atoms with Crippen molar-refractivity contribution < 1.29 is 23.5 Å². The van der Waals surface area contributed by atoms with Gasteiger partial charge < -0.3 is 14.8 Å². The normalized spacial score (nSPS) is 10.4. The molecule has 0 bridgehead atoms. The highest BCUT2D eigenvalue weighted by molar-refractivity contribution is 5.77. The second kappa shape index (κ2) is 7.40. The predicted octanol–water partition coefficient (Wildman–Crippen LogP) is 2.61. The fourth-order valence-corrected chi connectivity index (χ4v) is 1.95. The lowest BCUT2D eigenvalue weighted by Crippen LogP contribution is -2.26. The minimum absolute atomic E-state index is 0.104. The molecule has 0 aliphatic carbocycles. The average molecular weight is 305 g/mol. The smallest absolute Gasteiger partial charge is 0.305 e. The van der Waals surface area contributed by atoms with Gasteiger partial charge in [0.2, 0.25) is 5.91 Å². The SMILES string of the molecule is O=C(O)CCNC(=O)CCc1ccc(-c2ccccc2F)o1. The monoisotopic (exact) mass is 305 g/mol. The third-order valence-electron chi connectivity index (χ3n) is 3.06. The second-order valence-corrected chi connectivity index (χ2v) is 4.74. The molecule has 0 atom stereocenters. The second-order valence-electron chi connectivity index (χ2n) is 4.74. The summed E-state index contributed by atoms with van der Waals surface area (Å²) in [5.74, 6) is -0.577. The number of hydrogen-bond acceptors (Lipinski definition) is 3. The van der Waals surface area contributed by atoms with Gasteiger partial charge in [-0.05, 0) is 24.3 Å². The van der Waals surface area contributed by atoms with Crippen LogP contribution in [0.5, 0.6) is 0 Å². The Morgan fingerprint density at radius 2 is 1.91 bits per heavy atom. The highest BCUT2D eigenvalue weighted by Crippen LogP contribution is 2.25. The number of nitrogens with one attached hydrogen (secondary N) is 1. The number of benzene rings is 1. The van der Waals surface area contributed by atoms with Crippen LogP contribution in [0.3, 0.4) is 0 Å². The van der Waals surface area contributed by atoms with Gasteiger partial charge in [0.1, 0.15) is 17.3 Å². The van der Waals surface area contributed by atoms with Crippen LogP contribution in [0.4, 0.5) is 4.39 Å². The zero-order chi connectivity index (χ0) is 15.9. The number of carboxylic acids is 1. The van der Waals surface area contributed by atoms with E-state index < -0.39 is 5.97 Å². The van der Waals surface area contributed by atoms with Crippen molar-refractivity contribution in [2.75, 3.05) is 6.54 Å². The minimum Gasteiger partial charge on any atom is -0.481 e. The molecule has 1 heterocycles. The first kappa shape index (κ1) is 15.8. The van der Waals surface area contributed by atoms with Gasteiger partial charge in [0.25, 0.3) is 0 Å². The topological polar surface area (TPSA) is 79.5 Å². The maximum atomic E-state index is 13.6. The Kier molecular flexibility index (Phi) is 5.30. The van der Waals surface area contributed by atoms with Crippen molar-refractivity contribution in [3.63, 3.8) is 0 Å². The molecule has 5 nitrogen and oxygen atoms in total. The Balaban J connectivity index is 1.86. The van der Waals surface area contributed by atoms with Gasteiger partial charge in [-0.3, -0.25) is 9.59 Å². The molecule has 0 fully saturated rings. The van der Waals surface area contributed by atoms with Crippen LogP contribution in [0.1, 0.15) is 18.6 Å². The summed E-state index contributed by atoms with van der Waals surface area (Å²) in [6.07, 6.45) is 0.446. The molecule has 1 amide bonds. The fraction of sp³-hybridized carbons (Fsp3) is 0.250. The number of aliphatic carboxylic acids is 1. The van der Waals surface area contributed by atoms with Crippen molar-refractivity contribution in [3.05, 3.63) is 48.0 Å². The van der Waals surface area contributed by atoms with E-state index in [1.165, 1.54) is 6.07 Å². The van der Waals surface area contributed by atoms with Crippen LogP contribution in [-0.2, 0) is 16.0 Å². The van der Waals surface area contributed by atoms with E-state index in [9.17, 15) is 14.0 Å². The van der Waals surface area contributed by atoms with Crippen molar-refractivity contribution in [1.29, 1.82) is 0 Å². The van der Waals surface area contributed by atoms with Gasteiger partial charge >= 0.3 is 5.97 Å². The number of halogens is 1. The van der Waals surface area contributed by atoms with Crippen molar-refractivity contribution >= 4 is 11.9 Å². The highest BCUT2D eigenvalue weighted by Gasteiger charge is 2.10. The largest absolute Gasteiger partial charge is 0.481 e. The summed E-state index contributed by atoms with van der Waals surface area (Å²) in [7, 11) is 0. The van der Waals surface area contributed by atoms with Crippen LogP contribution in [0.15, 0.2) is 40.8 Å². The molecule has 0 saturated carbocycles. The lowest BCUT2D eigenvalue weighted by Gasteiger charge is -2.02. The number of aryl methyl sites for hydroxylation is 1. The van der Waals surface area contributed by atoms with Gasteiger partial charge in [-0.15, -0.1) is 0 Å². The highest BCUT2D eigenvalue weighted by atomic mass is 19.1. The number of amides is 1. The van der Waals surface area contributed by atoms with Gasteiger partial charge in [-0.2, -0.15) is 0 Å². The van der Waals surface area contributed by atoms with E-state index in [1.54, 1.807) is 30.3 Å². The van der Waals surface area contributed by atoms with Gasteiger partial charge in [0, 0.05) is 19.4 Å². The van der Waals surface area contributed by atoms with Gasteiger partial charge in [-0.1, -0.05) is 12.1 Å². The molecular formula is C16H16FNO4. The van der Waals surface area contributed by atoms with E-state index in [2.05, 4.69) is 5.32 Å². The quantitative estimate of drug-likeness (QED) is 0.824. The maximum Gasteiger partial charge on any atom is 0.305 e. The molecule has 2 N–H and O–H groups in total. The summed E-state index contributed by atoms with van der Waals surface area (Å²) in [5.41, 5.74) is 0.375. The first-order valence-electron chi connectivity index (χ1n) is 6.88. The third-order valence-corrected chi connectivity index (χ3v) is 3.06. The number of carbonyl (C=O) groups is 2. The number of hydrogen-bond donors (Lipinski definition) is 2. The van der Waals surface area contributed by atoms with Gasteiger partial charge in [0.05, 0.1) is 12.0 Å². The number of furan rings is 1. The van der Waals surface area contributed by atoms with E-state index in [-0.39, 0.29) is 31.1 Å². The average Bonchev–Trinajstić information content (AvgIpc) is 2.94. The molecule has 0 saturated heterocycles. The van der Waals surface area contributed by atoms with Crippen LogP contribution in [0.25, 0.3) is 11.3 Å². The molecule has 0 unspecified atom stereocenters. The van der Waals surface area contributed by atoms with Crippen LogP contribution in [0, 0.1) is 5.82 Å². The number of carbonyl (C=O) groups excluding carboxylic acids is 1. The molecule has 2 aromatic rings. The standard InChI is InChI=1S/C16H16FNO4/c17-13-4-2-1-3-12(13)14-7-5-11(22-14)6-8-15(19)18-10-9-16(20)21/h1-5,7H,6,8-10H2,(H,18,19)(H,20,21). The Labute approximate surface area is 126 Å². The maximum absolute atomic E-state index is 13.6. The molecule has 2 rings (SSSR count). The third kappa shape index (κ3) is 4.44. The molecule has 0 aliphatic rings. The lowest BCUT2D eigenvalue weighted by atomic mass is 10.1. The fourth-order valence-electron chi connectivity index (χ4n) is 1.95. The minimum atomic E-state index is -0.958. The summed E-state index contributed by atoms with van der Waals surface area (Å²) in [6.45, 7) is 0.104. The Bertz CT molecular complexity index is 666. The Morgan fingerprint density at radius 3 is 2.64 bits per heavy atom. The van der Waals surface area contributed by atoms with Gasteiger partial charge in [-0.25, -0.2) is 4.39 Å². The number of carboxylic acid groups (broad SMARTS) is 1. The van der Waals surface area contributed by atoms with E-state index in [4.69, 9.17) is 9.52 Å². The van der Waals surface area contributed by atoms with Crippen LogP contribution < -0.4 is 5.32 Å². The molecule has 0 radical (unpaired) electrons. The first-order valence-corrected chi connectivity index (χ1v) is 6.88. The molecule has 22 heavy (non-hydrogen) atoms. The molecule has 0 spiro atoms. The predicted molar refractivity (Wildman–Crippen MR) is 77.7 cm³/mol. The first-order chi connectivity index (χ1) is 10.6. The van der Waals surface area contributed by atoms with Crippen molar-refractivity contribution in [3.8, 4) is 11.3 Å². The van der Waals surface area contributed by atoms with Crippen molar-refractivity contribution in [2.24, 2.45) is 0 Å². The summed E-state index contributed by atoms with van der Waals surface area (Å²) in [4.78, 5) is 21.9. The zero-order valence-electron chi connectivity index (χ0n) is 11.8. The molecule has 6 heteroatoms. The lowest BCUT2D eigenvalue weighted by molar-refractivity contribution is -0.136. The molecule has 116 valence electrons. The summed E-state index contributed by atoms with van der Waals surface area (Å²) < 4.78 is 19.2. The summed E-state index contributed by atoms with van der Waals surface area (Å²) >= 11 is 0. The number of rotatable bonds is 7. The van der Waals surface area contributed by atoms with E-state index >= 15 is 0 Å². The van der Waals surface area contributed by atoms with E-state index in [0.29, 0.717) is 23.5 Å². The van der Waals surface area contributed by atoms with E-state index in [0.717, 1.165) is 0 Å². The van der Waals surface area contributed by atoms with Crippen molar-refractivity contribution in [2.45, 2.75) is 19.3 Å². The van der Waals surface area contributed by atoms with Crippen LogP contribution in [0.2, 0.25) is 0 Å². The molecule has 1 aromatic heterocycles. The Hall–Kier alpha value is -2.63. The van der Waals surface area contributed by atoms with Crippen molar-refractivity contribution in [1.82, 2.24) is 5.32 Å². The van der Waals surface area contributed by atoms with E-state index in [1.807, 2.05) is 0 Å². The molecule has 1 aromatic carbocycles. The summed E-state index contributed by atoms with van der Waals surface area (Å²) in [5, 5.41) is 11.0. The van der Waals surface area contributed by atoms with Gasteiger partial charge in [0.15, 0.2) is 0 Å². The zero-order valence-corrected chi connectivity index (χ0v) is 11.8. The van der Waals surface area contributed by atoms with Crippen LogP contribution in [-0.4, -0.2) is 23.5 Å². The summed E-state index contributed by atoms with van der Waals surface area (Å²) in [6, 6.07) is 9.66.